The minimum atomic E-state index is -0.468. The van der Waals surface area contributed by atoms with Crippen molar-refractivity contribution in [2.24, 2.45) is 7.05 Å². The number of pyridine rings is 1. The van der Waals surface area contributed by atoms with Gasteiger partial charge in [0.05, 0.1) is 17.8 Å². The second-order valence-electron chi connectivity index (χ2n) is 7.92. The topological polar surface area (TPSA) is 81.8 Å². The second kappa shape index (κ2) is 6.97. The Balaban J connectivity index is 1.45. The number of rotatable bonds is 3. The molecule has 0 radical (unpaired) electrons. The third-order valence-electron chi connectivity index (χ3n) is 6.10. The maximum atomic E-state index is 13.5. The zero-order chi connectivity index (χ0) is 21.0. The lowest BCUT2D eigenvalue weighted by Crippen LogP contribution is -2.23. The number of fused-ring (bicyclic) bond motifs is 3. The molecule has 2 aliphatic heterocycles. The van der Waals surface area contributed by atoms with Gasteiger partial charge in [-0.2, -0.15) is 0 Å². The molecule has 1 fully saturated rings. The van der Waals surface area contributed by atoms with E-state index in [1.807, 2.05) is 30.4 Å². The van der Waals surface area contributed by atoms with Crippen LogP contribution < -0.4 is 0 Å². The van der Waals surface area contributed by atoms with Crippen LogP contribution in [0.3, 0.4) is 0 Å². The molecule has 0 aliphatic carbocycles. The molecule has 0 bridgehead atoms. The van der Waals surface area contributed by atoms with E-state index in [9.17, 15) is 19.7 Å². The van der Waals surface area contributed by atoms with Crippen molar-refractivity contribution in [2.75, 3.05) is 6.54 Å². The van der Waals surface area contributed by atoms with Gasteiger partial charge in [0, 0.05) is 42.5 Å². The molecule has 7 heteroatoms. The molecule has 1 aromatic carbocycles. The first kappa shape index (κ1) is 18.8. The molecule has 6 nitrogen and oxygen atoms in total. The number of nitrogens with zero attached hydrogens (tertiary/aromatic N) is 3. The van der Waals surface area contributed by atoms with Crippen LogP contribution in [-0.4, -0.2) is 42.4 Å². The molecular weight excluding hydrogens is 385 g/mol. The fourth-order valence-electron chi connectivity index (χ4n) is 4.66. The average molecular weight is 407 g/mol. The molecule has 3 N–H and O–H groups in total. The third-order valence-corrected chi connectivity index (χ3v) is 6.10. The van der Waals surface area contributed by atoms with Crippen LogP contribution in [0.5, 0.6) is 11.8 Å². The van der Waals surface area contributed by atoms with Gasteiger partial charge < -0.3 is 15.3 Å². The predicted octanol–water partition coefficient (Wildman–Crippen LogP) is 3.51. The SMILES string of the molecule is Cn1c(O)c2c(c1O)C1C[C@H](O)CN1C2/C=C/c1ccc(-c2cccc(F)c2)cn1. The minimum absolute atomic E-state index is 0.0375. The van der Waals surface area contributed by atoms with Crippen molar-refractivity contribution in [2.45, 2.75) is 24.6 Å². The molecule has 4 heterocycles. The molecule has 2 aliphatic rings. The maximum Gasteiger partial charge on any atom is 0.199 e. The number of hydrogen-bond acceptors (Lipinski definition) is 5. The Morgan fingerprint density at radius 2 is 1.90 bits per heavy atom. The van der Waals surface area contributed by atoms with E-state index in [2.05, 4.69) is 9.88 Å². The monoisotopic (exact) mass is 407 g/mol. The van der Waals surface area contributed by atoms with Crippen molar-refractivity contribution in [3.63, 3.8) is 0 Å². The lowest BCUT2D eigenvalue weighted by molar-refractivity contribution is 0.167. The molecule has 0 saturated carbocycles. The zero-order valence-electron chi connectivity index (χ0n) is 16.4. The van der Waals surface area contributed by atoms with E-state index in [4.69, 9.17) is 0 Å². The summed E-state index contributed by atoms with van der Waals surface area (Å²) in [5.41, 5.74) is 3.68. The first-order valence-corrected chi connectivity index (χ1v) is 9.88. The van der Waals surface area contributed by atoms with Crippen LogP contribution in [0.1, 0.15) is 35.3 Å². The van der Waals surface area contributed by atoms with E-state index in [1.54, 1.807) is 19.3 Å². The van der Waals surface area contributed by atoms with Crippen LogP contribution in [0, 0.1) is 5.82 Å². The highest BCUT2D eigenvalue weighted by atomic mass is 19.1. The molecule has 2 unspecified atom stereocenters. The Labute approximate surface area is 173 Å². The van der Waals surface area contributed by atoms with Crippen molar-refractivity contribution >= 4 is 6.08 Å². The van der Waals surface area contributed by atoms with Crippen molar-refractivity contribution in [3.05, 3.63) is 71.3 Å². The molecular formula is C23H22FN3O3. The summed E-state index contributed by atoms with van der Waals surface area (Å²) in [6.45, 7) is 0.475. The molecule has 0 spiro atoms. The summed E-state index contributed by atoms with van der Waals surface area (Å²) in [6, 6.07) is 9.72. The number of aromatic nitrogens is 2. The Kier molecular flexibility index (Phi) is 4.38. The molecule has 5 rings (SSSR count). The van der Waals surface area contributed by atoms with E-state index < -0.39 is 6.10 Å². The molecule has 0 amide bonds. The Morgan fingerprint density at radius 3 is 2.63 bits per heavy atom. The second-order valence-corrected chi connectivity index (χ2v) is 7.92. The third kappa shape index (κ3) is 2.89. The first-order valence-electron chi connectivity index (χ1n) is 9.88. The maximum absolute atomic E-state index is 13.5. The first-order chi connectivity index (χ1) is 14.4. The number of aliphatic hydroxyl groups excluding tert-OH is 1. The predicted molar refractivity (Wildman–Crippen MR) is 110 cm³/mol. The number of aromatic hydroxyl groups is 2. The fourth-order valence-corrected chi connectivity index (χ4v) is 4.66. The van der Waals surface area contributed by atoms with Crippen molar-refractivity contribution in [1.29, 1.82) is 0 Å². The minimum Gasteiger partial charge on any atom is -0.494 e. The number of aliphatic hydroxyl groups is 1. The number of benzene rings is 1. The fraction of sp³-hybridized carbons (Fsp3) is 0.261. The molecule has 154 valence electrons. The van der Waals surface area contributed by atoms with E-state index in [-0.39, 0.29) is 29.7 Å². The van der Waals surface area contributed by atoms with Gasteiger partial charge in [-0.15, -0.1) is 0 Å². The van der Waals surface area contributed by atoms with Crippen molar-refractivity contribution < 1.29 is 19.7 Å². The van der Waals surface area contributed by atoms with Crippen molar-refractivity contribution in [3.8, 4) is 22.9 Å². The van der Waals surface area contributed by atoms with Crippen LogP contribution in [0.4, 0.5) is 4.39 Å². The van der Waals surface area contributed by atoms with Crippen molar-refractivity contribution in [1.82, 2.24) is 14.5 Å². The summed E-state index contributed by atoms with van der Waals surface area (Å²) in [4.78, 5) is 6.54. The Bertz CT molecular complexity index is 1140. The smallest absolute Gasteiger partial charge is 0.199 e. The summed E-state index contributed by atoms with van der Waals surface area (Å²) in [7, 11) is 1.62. The number of halogens is 1. The largest absolute Gasteiger partial charge is 0.494 e. The van der Waals surface area contributed by atoms with Crippen LogP contribution in [-0.2, 0) is 7.05 Å². The highest BCUT2D eigenvalue weighted by Crippen LogP contribution is 2.55. The van der Waals surface area contributed by atoms with Gasteiger partial charge in [-0.25, -0.2) is 4.39 Å². The normalized spacial score (nSPS) is 23.2. The van der Waals surface area contributed by atoms with Crippen LogP contribution in [0.15, 0.2) is 48.7 Å². The van der Waals surface area contributed by atoms with Gasteiger partial charge in [0.25, 0.3) is 0 Å². The Hall–Kier alpha value is -3.16. The lowest BCUT2D eigenvalue weighted by atomic mass is 10.0. The van der Waals surface area contributed by atoms with Gasteiger partial charge >= 0.3 is 0 Å². The zero-order valence-corrected chi connectivity index (χ0v) is 16.4. The summed E-state index contributed by atoms with van der Waals surface area (Å²) < 4.78 is 14.8. The van der Waals surface area contributed by atoms with Gasteiger partial charge in [0.1, 0.15) is 5.82 Å². The number of hydrogen-bond donors (Lipinski definition) is 3. The lowest BCUT2D eigenvalue weighted by Gasteiger charge is -2.22. The van der Waals surface area contributed by atoms with E-state index >= 15 is 0 Å². The standard InChI is InChI=1S/C23H22FN3O3/c1-26-22(29)20-18(27-12-17(28)10-19(27)21(20)23(26)30)8-7-16-6-5-14(11-25-16)13-3-2-4-15(24)9-13/h2-9,11,17-19,28-30H,10,12H2,1H3/b8-7+/t17-,18?,19?/m0/s1. The van der Waals surface area contributed by atoms with Crippen LogP contribution in [0.2, 0.25) is 0 Å². The Morgan fingerprint density at radius 1 is 1.10 bits per heavy atom. The highest BCUT2D eigenvalue weighted by Gasteiger charge is 2.48. The molecule has 3 atom stereocenters. The van der Waals surface area contributed by atoms with Gasteiger partial charge in [0.15, 0.2) is 11.8 Å². The van der Waals surface area contributed by atoms with E-state index in [1.165, 1.54) is 16.7 Å². The average Bonchev–Trinajstić information content (AvgIpc) is 3.32. The highest BCUT2D eigenvalue weighted by molar-refractivity contribution is 5.64. The van der Waals surface area contributed by atoms with Crippen LogP contribution in [0.25, 0.3) is 17.2 Å². The summed E-state index contributed by atoms with van der Waals surface area (Å²) in [6.07, 6.45) is 5.54. The van der Waals surface area contributed by atoms with Gasteiger partial charge in [0.2, 0.25) is 0 Å². The van der Waals surface area contributed by atoms with Gasteiger partial charge in [-0.1, -0.05) is 24.3 Å². The van der Waals surface area contributed by atoms with Gasteiger partial charge in [-0.05, 0) is 36.3 Å². The molecule has 3 aromatic rings. The molecule has 30 heavy (non-hydrogen) atoms. The summed E-state index contributed by atoms with van der Waals surface area (Å²) in [5.74, 6) is -0.211. The molecule has 1 saturated heterocycles. The van der Waals surface area contributed by atoms with Gasteiger partial charge in [-0.3, -0.25) is 14.5 Å². The van der Waals surface area contributed by atoms with Crippen LogP contribution >= 0.6 is 0 Å². The quantitative estimate of drug-likeness (QED) is 0.619. The molecule has 2 aromatic heterocycles. The van der Waals surface area contributed by atoms with E-state index in [0.717, 1.165) is 16.8 Å². The summed E-state index contributed by atoms with van der Waals surface area (Å²) in [5, 5.41) is 31.1. The van der Waals surface area contributed by atoms with E-state index in [0.29, 0.717) is 24.1 Å². The summed E-state index contributed by atoms with van der Waals surface area (Å²) >= 11 is 0.